The number of carbonyl (C=O) groups is 1. The van der Waals surface area contributed by atoms with Crippen LogP contribution in [0, 0.1) is 0 Å². The molecule has 0 aliphatic carbocycles. The van der Waals surface area contributed by atoms with Crippen molar-refractivity contribution >= 4 is 16.6 Å². The second-order valence-corrected chi connectivity index (χ2v) is 3.82. The highest BCUT2D eigenvalue weighted by Gasteiger charge is 2.02. The van der Waals surface area contributed by atoms with Crippen LogP contribution in [0.5, 0.6) is 0 Å². The molecule has 0 radical (unpaired) electrons. The van der Waals surface area contributed by atoms with Crippen LogP contribution >= 0.6 is 0 Å². The summed E-state index contributed by atoms with van der Waals surface area (Å²) in [6, 6.07) is 13.4. The number of nitrogens with zero attached hydrogens (tertiary/aromatic N) is 1. The first-order valence-electron chi connectivity index (χ1n) is 5.30. The van der Waals surface area contributed by atoms with Crippen LogP contribution in [-0.2, 0) is 0 Å². The van der Waals surface area contributed by atoms with E-state index in [4.69, 9.17) is 5.21 Å². The fourth-order valence-electron chi connectivity index (χ4n) is 1.61. The second-order valence-electron chi connectivity index (χ2n) is 3.82. The van der Waals surface area contributed by atoms with Gasteiger partial charge in [0.1, 0.15) is 0 Å². The van der Waals surface area contributed by atoms with Crippen LogP contribution in [0.1, 0.15) is 10.4 Å². The van der Waals surface area contributed by atoms with Crippen molar-refractivity contribution in [3.05, 3.63) is 60.3 Å². The first-order valence-corrected chi connectivity index (χ1v) is 5.30. The number of carbonyl (C=O) groups excluding carboxylic acids is 1. The van der Waals surface area contributed by atoms with Crippen molar-refractivity contribution < 1.29 is 10.0 Å². The fraction of sp³-hybridized carbons (Fsp3) is 0.0714. The normalized spacial score (nSPS) is 10.9. The molecule has 2 rings (SSSR count). The van der Waals surface area contributed by atoms with Crippen molar-refractivity contribution in [3.8, 4) is 0 Å². The number of hydrogen-bond donors (Lipinski definition) is 1. The van der Waals surface area contributed by atoms with Crippen LogP contribution in [0.4, 0.5) is 0 Å². The smallest absolute Gasteiger partial charge is 0.187 e. The summed E-state index contributed by atoms with van der Waals surface area (Å²) < 4.78 is 0. The molecule has 0 atom stereocenters. The second kappa shape index (κ2) is 4.80. The average molecular weight is 227 g/mol. The summed E-state index contributed by atoms with van der Waals surface area (Å²) >= 11 is 0. The van der Waals surface area contributed by atoms with Crippen LogP contribution in [0.3, 0.4) is 0 Å². The summed E-state index contributed by atoms with van der Waals surface area (Å²) in [5, 5.41) is 11.9. The van der Waals surface area contributed by atoms with Crippen molar-refractivity contribution in [2.75, 3.05) is 7.05 Å². The Morgan fingerprint density at radius 3 is 2.59 bits per heavy atom. The van der Waals surface area contributed by atoms with E-state index in [0.717, 1.165) is 15.8 Å². The zero-order chi connectivity index (χ0) is 12.3. The topological polar surface area (TPSA) is 40.5 Å². The molecule has 17 heavy (non-hydrogen) atoms. The Kier molecular flexibility index (Phi) is 3.21. The number of hydroxylamine groups is 2. The molecular formula is C14H13NO2. The molecule has 0 heterocycles. The lowest BCUT2D eigenvalue weighted by molar-refractivity contribution is -0.0130. The SMILES string of the molecule is CN(O)/C=C\C(=O)c1ccc2ccccc2c1. The minimum absolute atomic E-state index is 0.128. The number of ketones is 1. The minimum atomic E-state index is -0.128. The highest BCUT2D eigenvalue weighted by Crippen LogP contribution is 2.16. The number of rotatable bonds is 3. The molecule has 0 saturated heterocycles. The molecule has 3 heteroatoms. The van der Waals surface area contributed by atoms with Crippen LogP contribution in [0.2, 0.25) is 0 Å². The van der Waals surface area contributed by atoms with E-state index >= 15 is 0 Å². The lowest BCUT2D eigenvalue weighted by atomic mass is 10.0. The molecule has 0 unspecified atom stereocenters. The Morgan fingerprint density at radius 1 is 1.18 bits per heavy atom. The lowest BCUT2D eigenvalue weighted by Gasteiger charge is -2.02. The molecule has 1 N–H and O–H groups in total. The van der Waals surface area contributed by atoms with Crippen molar-refractivity contribution in [3.63, 3.8) is 0 Å². The Bertz CT molecular complexity index is 573. The van der Waals surface area contributed by atoms with E-state index in [2.05, 4.69) is 0 Å². The third-order valence-electron chi connectivity index (χ3n) is 2.48. The molecule has 0 saturated carbocycles. The molecule has 0 aliphatic heterocycles. The monoisotopic (exact) mass is 227 g/mol. The van der Waals surface area contributed by atoms with E-state index in [1.165, 1.54) is 19.3 Å². The maximum atomic E-state index is 11.8. The van der Waals surface area contributed by atoms with E-state index in [-0.39, 0.29) is 5.78 Å². The largest absolute Gasteiger partial charge is 0.289 e. The van der Waals surface area contributed by atoms with E-state index in [1.54, 1.807) is 6.07 Å². The predicted octanol–water partition coefficient (Wildman–Crippen LogP) is 2.86. The number of hydrogen-bond acceptors (Lipinski definition) is 3. The zero-order valence-electron chi connectivity index (χ0n) is 9.50. The van der Waals surface area contributed by atoms with Gasteiger partial charge in [0.05, 0.1) is 0 Å². The maximum Gasteiger partial charge on any atom is 0.187 e. The summed E-state index contributed by atoms with van der Waals surface area (Å²) in [6.07, 6.45) is 2.65. The predicted molar refractivity (Wildman–Crippen MR) is 67.0 cm³/mol. The van der Waals surface area contributed by atoms with Crippen molar-refractivity contribution in [2.24, 2.45) is 0 Å². The van der Waals surface area contributed by atoms with E-state index in [9.17, 15) is 4.79 Å². The molecule has 3 nitrogen and oxygen atoms in total. The van der Waals surface area contributed by atoms with Crippen molar-refractivity contribution in [2.45, 2.75) is 0 Å². The van der Waals surface area contributed by atoms with Gasteiger partial charge >= 0.3 is 0 Å². The Labute approximate surface area is 99.6 Å². The summed E-state index contributed by atoms with van der Waals surface area (Å²) in [7, 11) is 1.45. The Hall–Kier alpha value is -2.13. The maximum absolute atomic E-state index is 11.8. The van der Waals surface area contributed by atoms with Crippen molar-refractivity contribution in [1.82, 2.24) is 5.06 Å². The lowest BCUT2D eigenvalue weighted by Crippen LogP contribution is -2.04. The highest BCUT2D eigenvalue weighted by molar-refractivity contribution is 6.06. The summed E-state index contributed by atoms with van der Waals surface area (Å²) in [4.78, 5) is 11.8. The third kappa shape index (κ3) is 2.71. The number of allylic oxidation sites excluding steroid dienone is 1. The average Bonchev–Trinajstić information content (AvgIpc) is 2.35. The third-order valence-corrected chi connectivity index (χ3v) is 2.48. The van der Waals surface area contributed by atoms with Crippen molar-refractivity contribution in [1.29, 1.82) is 0 Å². The standard InChI is InChI=1S/C14H13NO2/c1-15(17)9-8-14(16)13-7-6-11-4-2-3-5-12(11)10-13/h2-10,17H,1H3/b9-8-. The van der Waals surface area contributed by atoms with Gasteiger partial charge in [-0.1, -0.05) is 36.4 Å². The fourth-order valence-corrected chi connectivity index (χ4v) is 1.61. The molecule has 86 valence electrons. The Balaban J connectivity index is 2.33. The number of fused-ring (bicyclic) bond motifs is 1. The van der Waals surface area contributed by atoms with Gasteiger partial charge in [0.15, 0.2) is 5.78 Å². The molecule has 0 amide bonds. The van der Waals surface area contributed by atoms with Gasteiger partial charge in [-0.25, -0.2) is 0 Å². The molecule has 0 aliphatic rings. The highest BCUT2D eigenvalue weighted by atomic mass is 16.5. The van der Waals surface area contributed by atoms with Gasteiger partial charge in [-0.2, -0.15) is 0 Å². The summed E-state index contributed by atoms with van der Waals surface area (Å²) in [6.45, 7) is 0. The molecule has 0 bridgehead atoms. The molecule has 0 aromatic heterocycles. The molecule has 0 fully saturated rings. The van der Waals surface area contributed by atoms with Gasteiger partial charge in [-0.15, -0.1) is 0 Å². The molecule has 0 spiro atoms. The first kappa shape index (κ1) is 11.4. The molecular weight excluding hydrogens is 214 g/mol. The van der Waals surface area contributed by atoms with Gasteiger partial charge < -0.3 is 0 Å². The summed E-state index contributed by atoms with van der Waals surface area (Å²) in [5.74, 6) is -0.128. The van der Waals surface area contributed by atoms with Crippen LogP contribution in [0.15, 0.2) is 54.7 Å². The number of benzene rings is 2. The zero-order valence-corrected chi connectivity index (χ0v) is 9.50. The molecule has 2 aromatic rings. The van der Waals surface area contributed by atoms with Crippen LogP contribution in [0.25, 0.3) is 10.8 Å². The van der Waals surface area contributed by atoms with Crippen LogP contribution in [-0.4, -0.2) is 23.1 Å². The van der Waals surface area contributed by atoms with E-state index in [0.29, 0.717) is 5.56 Å². The molecule has 2 aromatic carbocycles. The van der Waals surface area contributed by atoms with Gasteiger partial charge in [0.2, 0.25) is 0 Å². The van der Waals surface area contributed by atoms with E-state index < -0.39 is 0 Å². The van der Waals surface area contributed by atoms with Gasteiger partial charge in [-0.3, -0.25) is 15.1 Å². The van der Waals surface area contributed by atoms with Crippen LogP contribution < -0.4 is 0 Å². The minimum Gasteiger partial charge on any atom is -0.289 e. The quantitative estimate of drug-likeness (QED) is 0.498. The van der Waals surface area contributed by atoms with Gasteiger partial charge in [0.25, 0.3) is 0 Å². The summed E-state index contributed by atoms with van der Waals surface area (Å²) in [5.41, 5.74) is 0.613. The van der Waals surface area contributed by atoms with Gasteiger partial charge in [-0.05, 0) is 16.8 Å². The Morgan fingerprint density at radius 2 is 1.88 bits per heavy atom. The van der Waals surface area contributed by atoms with E-state index in [1.807, 2.05) is 36.4 Å². The van der Waals surface area contributed by atoms with Gasteiger partial charge in [0, 0.05) is 24.9 Å². The first-order chi connectivity index (χ1) is 8.16.